The van der Waals surface area contributed by atoms with Gasteiger partial charge in [0.2, 0.25) is 0 Å². The van der Waals surface area contributed by atoms with E-state index < -0.39 is 0 Å². The molecule has 18 heavy (non-hydrogen) atoms. The van der Waals surface area contributed by atoms with Gasteiger partial charge in [-0.3, -0.25) is 0 Å². The van der Waals surface area contributed by atoms with Crippen LogP contribution in [0, 0.1) is 5.92 Å². The van der Waals surface area contributed by atoms with Gasteiger partial charge in [-0.05, 0) is 43.9 Å². The van der Waals surface area contributed by atoms with Crippen LogP contribution in [-0.4, -0.2) is 17.8 Å². The summed E-state index contributed by atoms with van der Waals surface area (Å²) in [4.78, 5) is 0. The third-order valence-electron chi connectivity index (χ3n) is 3.36. The van der Waals surface area contributed by atoms with Gasteiger partial charge in [-0.25, -0.2) is 0 Å². The van der Waals surface area contributed by atoms with E-state index in [1.54, 1.807) is 6.07 Å². The molecular weight excluding hydrogens is 226 g/mol. The molecule has 0 radical (unpaired) electrons. The topological polar surface area (TPSA) is 41.5 Å². The lowest BCUT2D eigenvalue weighted by Gasteiger charge is -2.14. The summed E-state index contributed by atoms with van der Waals surface area (Å²) in [5.41, 5.74) is 1.15. The fourth-order valence-corrected chi connectivity index (χ4v) is 2.17. The number of rotatable bonds is 7. The summed E-state index contributed by atoms with van der Waals surface area (Å²) in [6, 6.07) is 6.11. The Morgan fingerprint density at radius 1 is 1.44 bits per heavy atom. The SMILES string of the molecule is CCOc1cc(CNC(C)CC2CC2)ccc1O. The Labute approximate surface area is 109 Å². The second kappa shape index (κ2) is 6.10. The molecule has 1 aromatic carbocycles. The first-order valence-electron chi connectivity index (χ1n) is 6.87. The van der Waals surface area contributed by atoms with Crippen LogP contribution in [0.1, 0.15) is 38.7 Å². The second-order valence-corrected chi connectivity index (χ2v) is 5.20. The van der Waals surface area contributed by atoms with E-state index >= 15 is 0 Å². The van der Waals surface area contributed by atoms with Crippen LogP contribution in [0.25, 0.3) is 0 Å². The minimum Gasteiger partial charge on any atom is -0.504 e. The predicted octanol–water partition coefficient (Wildman–Crippen LogP) is 3.07. The zero-order valence-corrected chi connectivity index (χ0v) is 11.3. The lowest BCUT2D eigenvalue weighted by atomic mass is 10.1. The summed E-state index contributed by atoms with van der Waals surface area (Å²) in [6.45, 7) is 5.56. The van der Waals surface area contributed by atoms with Crippen LogP contribution < -0.4 is 10.1 Å². The molecule has 3 nitrogen and oxygen atoms in total. The molecule has 0 heterocycles. The van der Waals surface area contributed by atoms with E-state index in [-0.39, 0.29) is 5.75 Å². The summed E-state index contributed by atoms with van der Waals surface area (Å²) >= 11 is 0. The minimum absolute atomic E-state index is 0.214. The zero-order chi connectivity index (χ0) is 13.0. The summed E-state index contributed by atoms with van der Waals surface area (Å²) in [5.74, 6) is 1.74. The molecular formula is C15H23NO2. The largest absolute Gasteiger partial charge is 0.504 e. The summed E-state index contributed by atoms with van der Waals surface area (Å²) < 4.78 is 5.38. The van der Waals surface area contributed by atoms with Crippen molar-refractivity contribution in [2.45, 2.75) is 45.7 Å². The molecule has 0 bridgehead atoms. The van der Waals surface area contributed by atoms with Gasteiger partial charge in [0.15, 0.2) is 11.5 Å². The fourth-order valence-electron chi connectivity index (χ4n) is 2.17. The molecule has 1 unspecified atom stereocenters. The van der Waals surface area contributed by atoms with Crippen LogP contribution in [0.4, 0.5) is 0 Å². The molecule has 0 aromatic heterocycles. The van der Waals surface area contributed by atoms with Crippen molar-refractivity contribution in [1.29, 1.82) is 0 Å². The quantitative estimate of drug-likeness (QED) is 0.780. The minimum atomic E-state index is 0.214. The Balaban J connectivity index is 1.85. The van der Waals surface area contributed by atoms with E-state index in [2.05, 4.69) is 12.2 Å². The van der Waals surface area contributed by atoms with Crippen molar-refractivity contribution in [3.8, 4) is 11.5 Å². The Morgan fingerprint density at radius 3 is 2.89 bits per heavy atom. The lowest BCUT2D eigenvalue weighted by molar-refractivity contribution is 0.317. The molecule has 1 aliphatic rings. The third-order valence-corrected chi connectivity index (χ3v) is 3.36. The average molecular weight is 249 g/mol. The van der Waals surface area contributed by atoms with Crippen molar-refractivity contribution in [3.63, 3.8) is 0 Å². The van der Waals surface area contributed by atoms with Crippen LogP contribution in [0.15, 0.2) is 18.2 Å². The van der Waals surface area contributed by atoms with E-state index in [9.17, 15) is 5.11 Å². The van der Waals surface area contributed by atoms with Gasteiger partial charge in [-0.2, -0.15) is 0 Å². The Morgan fingerprint density at radius 2 is 2.22 bits per heavy atom. The maximum Gasteiger partial charge on any atom is 0.161 e. The summed E-state index contributed by atoms with van der Waals surface area (Å²) in [6.07, 6.45) is 4.08. The summed E-state index contributed by atoms with van der Waals surface area (Å²) in [7, 11) is 0. The maximum absolute atomic E-state index is 9.63. The van der Waals surface area contributed by atoms with Crippen LogP contribution in [-0.2, 0) is 6.54 Å². The summed E-state index contributed by atoms with van der Waals surface area (Å²) in [5, 5.41) is 13.1. The Hall–Kier alpha value is -1.22. The second-order valence-electron chi connectivity index (χ2n) is 5.20. The van der Waals surface area contributed by atoms with Crippen LogP contribution >= 0.6 is 0 Å². The zero-order valence-electron chi connectivity index (χ0n) is 11.3. The molecule has 0 amide bonds. The molecule has 0 aliphatic heterocycles. The van der Waals surface area contributed by atoms with E-state index in [0.717, 1.165) is 18.0 Å². The number of benzene rings is 1. The first-order chi connectivity index (χ1) is 8.69. The van der Waals surface area contributed by atoms with E-state index in [1.807, 2.05) is 19.1 Å². The monoisotopic (exact) mass is 249 g/mol. The number of aromatic hydroxyl groups is 1. The molecule has 0 spiro atoms. The highest BCUT2D eigenvalue weighted by Crippen LogP contribution is 2.33. The molecule has 1 saturated carbocycles. The fraction of sp³-hybridized carbons (Fsp3) is 0.600. The number of phenols is 1. The van der Waals surface area contributed by atoms with Gasteiger partial charge >= 0.3 is 0 Å². The number of ether oxygens (including phenoxy) is 1. The number of phenolic OH excluding ortho intramolecular Hbond substituents is 1. The number of hydrogen-bond acceptors (Lipinski definition) is 3. The van der Waals surface area contributed by atoms with Gasteiger partial charge in [-0.15, -0.1) is 0 Å². The average Bonchev–Trinajstić information content (AvgIpc) is 3.14. The van der Waals surface area contributed by atoms with E-state index in [0.29, 0.717) is 18.4 Å². The van der Waals surface area contributed by atoms with Crippen molar-refractivity contribution in [2.75, 3.05) is 6.61 Å². The van der Waals surface area contributed by atoms with Gasteiger partial charge < -0.3 is 15.2 Å². The molecule has 100 valence electrons. The highest BCUT2D eigenvalue weighted by atomic mass is 16.5. The van der Waals surface area contributed by atoms with Crippen LogP contribution in [0.2, 0.25) is 0 Å². The van der Waals surface area contributed by atoms with Gasteiger partial charge in [0, 0.05) is 12.6 Å². The molecule has 1 atom stereocenters. The number of nitrogens with one attached hydrogen (secondary N) is 1. The highest BCUT2D eigenvalue weighted by molar-refractivity contribution is 5.41. The van der Waals surface area contributed by atoms with Gasteiger partial charge in [0.25, 0.3) is 0 Å². The Kier molecular flexibility index (Phi) is 4.48. The van der Waals surface area contributed by atoms with Crippen LogP contribution in [0.3, 0.4) is 0 Å². The van der Waals surface area contributed by atoms with Gasteiger partial charge in [-0.1, -0.05) is 18.9 Å². The van der Waals surface area contributed by atoms with Crippen LogP contribution in [0.5, 0.6) is 11.5 Å². The molecule has 1 aliphatic carbocycles. The predicted molar refractivity (Wildman–Crippen MR) is 72.9 cm³/mol. The maximum atomic E-state index is 9.63. The molecule has 0 saturated heterocycles. The molecule has 1 fully saturated rings. The lowest BCUT2D eigenvalue weighted by Crippen LogP contribution is -2.25. The highest BCUT2D eigenvalue weighted by Gasteiger charge is 2.23. The molecule has 2 rings (SSSR count). The Bertz CT molecular complexity index is 388. The molecule has 1 aromatic rings. The van der Waals surface area contributed by atoms with Crippen molar-refractivity contribution < 1.29 is 9.84 Å². The normalized spacial score (nSPS) is 16.6. The van der Waals surface area contributed by atoms with Gasteiger partial charge in [0.05, 0.1) is 6.61 Å². The molecule has 2 N–H and O–H groups in total. The third kappa shape index (κ3) is 3.91. The van der Waals surface area contributed by atoms with Crippen molar-refractivity contribution >= 4 is 0 Å². The van der Waals surface area contributed by atoms with Gasteiger partial charge in [0.1, 0.15) is 0 Å². The van der Waals surface area contributed by atoms with Crippen molar-refractivity contribution in [3.05, 3.63) is 23.8 Å². The van der Waals surface area contributed by atoms with Crippen molar-refractivity contribution in [2.24, 2.45) is 5.92 Å². The smallest absolute Gasteiger partial charge is 0.161 e. The standard InChI is InChI=1S/C15H23NO2/c1-3-18-15-9-13(6-7-14(15)17)10-16-11(2)8-12-4-5-12/h6-7,9,11-12,16-17H,3-5,8,10H2,1-2H3. The number of hydrogen-bond donors (Lipinski definition) is 2. The molecule has 3 heteroatoms. The first kappa shape index (κ1) is 13.2. The first-order valence-corrected chi connectivity index (χ1v) is 6.87. The van der Waals surface area contributed by atoms with E-state index in [4.69, 9.17) is 4.74 Å². The van der Waals surface area contributed by atoms with Crippen molar-refractivity contribution in [1.82, 2.24) is 5.32 Å². The van der Waals surface area contributed by atoms with E-state index in [1.165, 1.54) is 19.3 Å².